The molecule has 1 atom stereocenters. The second kappa shape index (κ2) is 3.56. The van der Waals surface area contributed by atoms with Crippen molar-refractivity contribution in [2.75, 3.05) is 13.1 Å². The number of nitrogens with zero attached hydrogens (tertiary/aromatic N) is 1. The van der Waals surface area contributed by atoms with E-state index in [4.69, 9.17) is 5.73 Å². The van der Waals surface area contributed by atoms with Crippen molar-refractivity contribution in [3.05, 3.63) is 0 Å². The third kappa shape index (κ3) is 1.84. The standard InChI is InChI=1S/C7H16N2.ClH/c1-3-9-6-4-5-7(9,2)8;/h3-6,8H2,1-2H3;1H. The molecule has 1 unspecified atom stereocenters. The van der Waals surface area contributed by atoms with Crippen molar-refractivity contribution in [2.24, 2.45) is 5.73 Å². The van der Waals surface area contributed by atoms with Gasteiger partial charge in [-0.05, 0) is 32.9 Å². The molecule has 1 aliphatic heterocycles. The molecule has 0 saturated carbocycles. The molecule has 1 saturated heterocycles. The van der Waals surface area contributed by atoms with Crippen molar-refractivity contribution in [3.8, 4) is 0 Å². The van der Waals surface area contributed by atoms with Gasteiger partial charge in [0.05, 0.1) is 5.66 Å². The van der Waals surface area contributed by atoms with Gasteiger partial charge < -0.3 is 5.73 Å². The zero-order valence-corrected chi connectivity index (χ0v) is 7.58. The minimum absolute atomic E-state index is 0. The molecule has 0 amide bonds. The molecular weight excluding hydrogens is 148 g/mol. The molecule has 2 nitrogen and oxygen atoms in total. The summed E-state index contributed by atoms with van der Waals surface area (Å²) in [6.45, 7) is 6.55. The Kier molecular flexibility index (Phi) is 3.63. The van der Waals surface area contributed by atoms with E-state index >= 15 is 0 Å². The van der Waals surface area contributed by atoms with E-state index in [1.807, 2.05) is 0 Å². The molecule has 1 heterocycles. The molecule has 62 valence electrons. The Balaban J connectivity index is 0.000000810. The number of halogens is 1. The van der Waals surface area contributed by atoms with Crippen LogP contribution >= 0.6 is 12.4 Å². The highest BCUT2D eigenvalue weighted by Gasteiger charge is 2.30. The van der Waals surface area contributed by atoms with Gasteiger partial charge in [0.2, 0.25) is 0 Å². The Bertz CT molecular complexity index is 104. The molecule has 0 spiro atoms. The molecule has 2 N–H and O–H groups in total. The van der Waals surface area contributed by atoms with Crippen LogP contribution in [-0.2, 0) is 0 Å². The predicted molar refractivity (Wildman–Crippen MR) is 46.3 cm³/mol. The van der Waals surface area contributed by atoms with Gasteiger partial charge in [0.1, 0.15) is 0 Å². The van der Waals surface area contributed by atoms with Gasteiger partial charge in [-0.25, -0.2) is 0 Å². The predicted octanol–water partition coefficient (Wildman–Crippen LogP) is 1.20. The summed E-state index contributed by atoms with van der Waals surface area (Å²) in [5.41, 5.74) is 5.95. The van der Waals surface area contributed by atoms with Gasteiger partial charge in [-0.3, -0.25) is 4.90 Å². The van der Waals surface area contributed by atoms with Crippen LogP contribution in [0.2, 0.25) is 0 Å². The van der Waals surface area contributed by atoms with E-state index in [0.717, 1.165) is 13.0 Å². The molecule has 0 aromatic rings. The maximum absolute atomic E-state index is 5.96. The number of likely N-dealkylation sites (tertiary alicyclic amines) is 1. The first-order valence-electron chi connectivity index (χ1n) is 3.71. The van der Waals surface area contributed by atoms with Crippen LogP contribution in [-0.4, -0.2) is 23.7 Å². The van der Waals surface area contributed by atoms with E-state index in [-0.39, 0.29) is 18.1 Å². The fourth-order valence-corrected chi connectivity index (χ4v) is 1.56. The highest BCUT2D eigenvalue weighted by molar-refractivity contribution is 5.85. The van der Waals surface area contributed by atoms with E-state index in [1.54, 1.807) is 0 Å². The molecule has 0 radical (unpaired) electrons. The van der Waals surface area contributed by atoms with E-state index < -0.39 is 0 Å². The first-order valence-corrected chi connectivity index (χ1v) is 3.71. The van der Waals surface area contributed by atoms with Gasteiger partial charge >= 0.3 is 0 Å². The van der Waals surface area contributed by atoms with Crippen LogP contribution in [0.4, 0.5) is 0 Å². The quantitative estimate of drug-likeness (QED) is 0.631. The van der Waals surface area contributed by atoms with Crippen molar-refractivity contribution in [1.29, 1.82) is 0 Å². The summed E-state index contributed by atoms with van der Waals surface area (Å²) in [5, 5.41) is 0. The molecule has 1 fully saturated rings. The molecule has 0 aromatic carbocycles. The van der Waals surface area contributed by atoms with Gasteiger partial charge in [-0.2, -0.15) is 0 Å². The molecule has 1 rings (SSSR count). The smallest absolute Gasteiger partial charge is 0.0658 e. The lowest BCUT2D eigenvalue weighted by Crippen LogP contribution is -2.48. The van der Waals surface area contributed by atoms with Gasteiger partial charge in [0, 0.05) is 0 Å². The Morgan fingerprint density at radius 3 is 2.40 bits per heavy atom. The average molecular weight is 165 g/mol. The third-order valence-electron chi connectivity index (χ3n) is 2.22. The normalized spacial score (nSPS) is 33.9. The zero-order valence-electron chi connectivity index (χ0n) is 6.76. The van der Waals surface area contributed by atoms with Crippen molar-refractivity contribution >= 4 is 12.4 Å². The van der Waals surface area contributed by atoms with Gasteiger partial charge in [-0.15, -0.1) is 12.4 Å². The van der Waals surface area contributed by atoms with E-state index in [1.165, 1.54) is 13.0 Å². The summed E-state index contributed by atoms with van der Waals surface area (Å²) < 4.78 is 0. The maximum atomic E-state index is 5.96. The fraction of sp³-hybridized carbons (Fsp3) is 1.00. The van der Waals surface area contributed by atoms with Crippen molar-refractivity contribution < 1.29 is 0 Å². The highest BCUT2D eigenvalue weighted by Crippen LogP contribution is 2.22. The molecular formula is C7H17ClN2. The lowest BCUT2D eigenvalue weighted by atomic mass is 10.1. The lowest BCUT2D eigenvalue weighted by molar-refractivity contribution is 0.172. The molecule has 0 bridgehead atoms. The molecule has 1 aliphatic rings. The van der Waals surface area contributed by atoms with Crippen LogP contribution in [0.3, 0.4) is 0 Å². The summed E-state index contributed by atoms with van der Waals surface area (Å²) in [6.07, 6.45) is 2.42. The monoisotopic (exact) mass is 164 g/mol. The number of hydrogen-bond donors (Lipinski definition) is 1. The minimum atomic E-state index is -0.00521. The Hall–Kier alpha value is 0.210. The number of rotatable bonds is 1. The van der Waals surface area contributed by atoms with Crippen LogP contribution in [0, 0.1) is 0 Å². The second-order valence-electron chi connectivity index (χ2n) is 3.04. The Morgan fingerprint density at radius 1 is 1.60 bits per heavy atom. The second-order valence-corrected chi connectivity index (χ2v) is 3.04. The first kappa shape index (κ1) is 10.2. The van der Waals surface area contributed by atoms with Gasteiger partial charge in [0.25, 0.3) is 0 Å². The Labute approximate surface area is 69.2 Å². The van der Waals surface area contributed by atoms with Crippen molar-refractivity contribution in [3.63, 3.8) is 0 Å². The minimum Gasteiger partial charge on any atom is -0.313 e. The third-order valence-corrected chi connectivity index (χ3v) is 2.22. The number of nitrogens with two attached hydrogens (primary N) is 1. The maximum Gasteiger partial charge on any atom is 0.0658 e. The summed E-state index contributed by atoms with van der Waals surface area (Å²) in [5.74, 6) is 0. The Morgan fingerprint density at radius 2 is 2.20 bits per heavy atom. The van der Waals surface area contributed by atoms with Crippen LogP contribution in [0.1, 0.15) is 26.7 Å². The molecule has 0 aromatic heterocycles. The van der Waals surface area contributed by atoms with Gasteiger partial charge in [-0.1, -0.05) is 6.92 Å². The highest BCUT2D eigenvalue weighted by atomic mass is 35.5. The SMILES string of the molecule is CCN1CCCC1(C)N.Cl. The van der Waals surface area contributed by atoms with E-state index in [2.05, 4.69) is 18.7 Å². The van der Waals surface area contributed by atoms with Crippen LogP contribution < -0.4 is 5.73 Å². The number of hydrogen-bond acceptors (Lipinski definition) is 2. The summed E-state index contributed by atoms with van der Waals surface area (Å²) >= 11 is 0. The topological polar surface area (TPSA) is 29.3 Å². The van der Waals surface area contributed by atoms with Crippen molar-refractivity contribution in [1.82, 2.24) is 4.90 Å². The van der Waals surface area contributed by atoms with Gasteiger partial charge in [0.15, 0.2) is 0 Å². The zero-order chi connectivity index (χ0) is 6.91. The van der Waals surface area contributed by atoms with E-state index in [9.17, 15) is 0 Å². The van der Waals surface area contributed by atoms with Crippen molar-refractivity contribution in [2.45, 2.75) is 32.4 Å². The largest absolute Gasteiger partial charge is 0.313 e. The van der Waals surface area contributed by atoms with Crippen LogP contribution in [0.15, 0.2) is 0 Å². The summed E-state index contributed by atoms with van der Waals surface area (Å²) in [4.78, 5) is 2.33. The van der Waals surface area contributed by atoms with Crippen LogP contribution in [0.5, 0.6) is 0 Å². The van der Waals surface area contributed by atoms with E-state index in [0.29, 0.717) is 0 Å². The molecule has 3 heteroatoms. The fourth-order valence-electron chi connectivity index (χ4n) is 1.56. The lowest BCUT2D eigenvalue weighted by Gasteiger charge is -2.29. The average Bonchev–Trinajstić information content (AvgIpc) is 2.08. The first-order chi connectivity index (χ1) is 4.17. The summed E-state index contributed by atoms with van der Waals surface area (Å²) in [6, 6.07) is 0. The van der Waals surface area contributed by atoms with Crippen LogP contribution in [0.25, 0.3) is 0 Å². The molecule has 0 aliphatic carbocycles. The summed E-state index contributed by atoms with van der Waals surface area (Å²) in [7, 11) is 0. The molecule has 10 heavy (non-hydrogen) atoms.